The van der Waals surface area contributed by atoms with E-state index in [1.54, 1.807) is 23.8 Å². The molecule has 1 atom stereocenters. The third-order valence-electron chi connectivity index (χ3n) is 3.08. The van der Waals surface area contributed by atoms with Crippen LogP contribution >= 0.6 is 0 Å². The normalized spacial score (nSPS) is 19.1. The van der Waals surface area contributed by atoms with Crippen molar-refractivity contribution in [3.05, 3.63) is 28.7 Å². The van der Waals surface area contributed by atoms with Crippen LogP contribution in [-0.2, 0) is 16.0 Å². The summed E-state index contributed by atoms with van der Waals surface area (Å²) in [6, 6.07) is 3.38. The first-order valence-corrected chi connectivity index (χ1v) is 6.34. The summed E-state index contributed by atoms with van der Waals surface area (Å²) >= 11 is 0. The minimum atomic E-state index is -0.00489. The fraction of sp³-hybridized carbons (Fsp3) is 0.615. The van der Waals surface area contributed by atoms with Crippen LogP contribution in [0.1, 0.15) is 12.8 Å². The van der Waals surface area contributed by atoms with E-state index in [4.69, 9.17) is 9.47 Å². The van der Waals surface area contributed by atoms with E-state index in [1.807, 2.05) is 6.20 Å². The monoisotopic (exact) mass is 252 g/mol. The number of anilines is 1. The molecule has 0 saturated carbocycles. The molecule has 5 heteroatoms. The van der Waals surface area contributed by atoms with Crippen LogP contribution in [0, 0.1) is 0 Å². The van der Waals surface area contributed by atoms with Crippen LogP contribution in [0.5, 0.6) is 0 Å². The van der Waals surface area contributed by atoms with Gasteiger partial charge in [0.2, 0.25) is 0 Å². The molecular formula is C13H20N2O3. The summed E-state index contributed by atoms with van der Waals surface area (Å²) in [5, 5.41) is 3.31. The van der Waals surface area contributed by atoms with Gasteiger partial charge < -0.3 is 19.4 Å². The Balaban J connectivity index is 1.93. The number of pyridine rings is 1. The summed E-state index contributed by atoms with van der Waals surface area (Å²) in [7, 11) is 1.63. The summed E-state index contributed by atoms with van der Waals surface area (Å²) in [5.41, 5.74) is 0.941. The van der Waals surface area contributed by atoms with Crippen LogP contribution in [0.2, 0.25) is 0 Å². The van der Waals surface area contributed by atoms with Gasteiger partial charge in [-0.1, -0.05) is 0 Å². The van der Waals surface area contributed by atoms with Gasteiger partial charge in [-0.05, 0) is 18.9 Å². The van der Waals surface area contributed by atoms with Gasteiger partial charge >= 0.3 is 0 Å². The van der Waals surface area contributed by atoms with Crippen molar-refractivity contribution < 1.29 is 9.47 Å². The Morgan fingerprint density at radius 1 is 1.56 bits per heavy atom. The van der Waals surface area contributed by atoms with E-state index >= 15 is 0 Å². The van der Waals surface area contributed by atoms with Gasteiger partial charge in [-0.15, -0.1) is 0 Å². The van der Waals surface area contributed by atoms with E-state index in [0.717, 1.165) is 31.7 Å². The quantitative estimate of drug-likeness (QED) is 0.823. The van der Waals surface area contributed by atoms with Crippen LogP contribution < -0.4 is 10.9 Å². The Bertz CT molecular complexity index is 424. The summed E-state index contributed by atoms with van der Waals surface area (Å²) in [6.07, 6.45) is 4.37. The zero-order chi connectivity index (χ0) is 12.8. The molecule has 0 aliphatic carbocycles. The standard InChI is InChI=1S/C13H20N2O3/c1-17-8-6-15-10-11(4-5-13(15)16)14-9-12-3-2-7-18-12/h4-5,10,12,14H,2-3,6-9H2,1H3. The van der Waals surface area contributed by atoms with Gasteiger partial charge in [-0.3, -0.25) is 4.79 Å². The lowest BCUT2D eigenvalue weighted by molar-refractivity contribution is 0.120. The highest BCUT2D eigenvalue weighted by Gasteiger charge is 2.14. The van der Waals surface area contributed by atoms with Crippen molar-refractivity contribution in [3.8, 4) is 0 Å². The van der Waals surface area contributed by atoms with E-state index in [9.17, 15) is 4.79 Å². The van der Waals surface area contributed by atoms with Crippen LogP contribution in [0.25, 0.3) is 0 Å². The number of hydrogen-bond acceptors (Lipinski definition) is 4. The number of rotatable bonds is 6. The lowest BCUT2D eigenvalue weighted by atomic mass is 10.2. The van der Waals surface area contributed by atoms with E-state index in [0.29, 0.717) is 19.3 Å². The first kappa shape index (κ1) is 13.1. The topological polar surface area (TPSA) is 52.5 Å². The molecule has 1 aromatic rings. The van der Waals surface area contributed by atoms with Crippen LogP contribution in [0.3, 0.4) is 0 Å². The minimum absolute atomic E-state index is 0.00489. The largest absolute Gasteiger partial charge is 0.383 e. The highest BCUT2D eigenvalue weighted by Crippen LogP contribution is 2.13. The fourth-order valence-corrected chi connectivity index (χ4v) is 2.04. The molecule has 100 valence electrons. The summed E-state index contributed by atoms with van der Waals surface area (Å²) in [6.45, 7) is 2.77. The molecule has 1 saturated heterocycles. The van der Waals surface area contributed by atoms with Crippen molar-refractivity contribution in [1.29, 1.82) is 0 Å². The number of nitrogens with one attached hydrogen (secondary N) is 1. The average molecular weight is 252 g/mol. The zero-order valence-electron chi connectivity index (χ0n) is 10.7. The maximum absolute atomic E-state index is 11.6. The highest BCUT2D eigenvalue weighted by molar-refractivity contribution is 5.40. The van der Waals surface area contributed by atoms with Gasteiger partial charge in [0.25, 0.3) is 5.56 Å². The predicted molar refractivity (Wildman–Crippen MR) is 70.0 cm³/mol. The fourth-order valence-electron chi connectivity index (χ4n) is 2.04. The van der Waals surface area contributed by atoms with Gasteiger partial charge in [-0.25, -0.2) is 0 Å². The molecule has 2 rings (SSSR count). The van der Waals surface area contributed by atoms with Gasteiger partial charge in [0, 0.05) is 39.1 Å². The molecule has 0 bridgehead atoms. The SMILES string of the molecule is COCCn1cc(NCC2CCCO2)ccc1=O. The first-order chi connectivity index (χ1) is 8.79. The number of ether oxygens (including phenoxy) is 2. The number of hydrogen-bond donors (Lipinski definition) is 1. The first-order valence-electron chi connectivity index (χ1n) is 6.34. The Morgan fingerprint density at radius 3 is 3.17 bits per heavy atom. The van der Waals surface area contributed by atoms with Gasteiger partial charge in [0.1, 0.15) is 0 Å². The summed E-state index contributed by atoms with van der Waals surface area (Å²) < 4.78 is 12.2. The summed E-state index contributed by atoms with van der Waals surface area (Å²) in [5.74, 6) is 0. The van der Waals surface area contributed by atoms with E-state index < -0.39 is 0 Å². The Morgan fingerprint density at radius 2 is 2.44 bits per heavy atom. The van der Waals surface area contributed by atoms with Crippen LogP contribution in [0.15, 0.2) is 23.1 Å². The maximum Gasteiger partial charge on any atom is 0.250 e. The number of nitrogens with zero attached hydrogens (tertiary/aromatic N) is 1. The van der Waals surface area contributed by atoms with Crippen molar-refractivity contribution >= 4 is 5.69 Å². The van der Waals surface area contributed by atoms with Crippen molar-refractivity contribution in [1.82, 2.24) is 4.57 Å². The molecule has 18 heavy (non-hydrogen) atoms. The molecular weight excluding hydrogens is 232 g/mol. The molecule has 1 N–H and O–H groups in total. The summed E-state index contributed by atoms with van der Waals surface area (Å²) in [4.78, 5) is 11.6. The second-order valence-corrected chi connectivity index (χ2v) is 4.46. The molecule has 1 aromatic heterocycles. The minimum Gasteiger partial charge on any atom is -0.383 e. The zero-order valence-corrected chi connectivity index (χ0v) is 10.7. The Kier molecular flexibility index (Phi) is 4.78. The van der Waals surface area contributed by atoms with E-state index in [1.165, 1.54) is 0 Å². The molecule has 1 unspecified atom stereocenters. The average Bonchev–Trinajstić information content (AvgIpc) is 2.89. The van der Waals surface area contributed by atoms with Crippen molar-refractivity contribution in [2.75, 3.05) is 32.2 Å². The molecule has 0 amide bonds. The second kappa shape index (κ2) is 6.56. The van der Waals surface area contributed by atoms with Crippen molar-refractivity contribution in [2.24, 2.45) is 0 Å². The molecule has 0 radical (unpaired) electrons. The van der Waals surface area contributed by atoms with Crippen molar-refractivity contribution in [3.63, 3.8) is 0 Å². The third-order valence-corrected chi connectivity index (χ3v) is 3.08. The Labute approximate surface area is 107 Å². The molecule has 0 aromatic carbocycles. The van der Waals surface area contributed by atoms with Crippen LogP contribution in [0.4, 0.5) is 5.69 Å². The maximum atomic E-state index is 11.6. The molecule has 5 nitrogen and oxygen atoms in total. The smallest absolute Gasteiger partial charge is 0.250 e. The van der Waals surface area contributed by atoms with Gasteiger partial charge in [0.15, 0.2) is 0 Å². The molecule has 1 fully saturated rings. The molecule has 1 aliphatic rings. The molecule has 0 spiro atoms. The Hall–Kier alpha value is -1.33. The lowest BCUT2D eigenvalue weighted by Crippen LogP contribution is -2.23. The third kappa shape index (κ3) is 3.58. The number of aromatic nitrogens is 1. The van der Waals surface area contributed by atoms with Crippen molar-refractivity contribution in [2.45, 2.75) is 25.5 Å². The lowest BCUT2D eigenvalue weighted by Gasteiger charge is -2.13. The van der Waals surface area contributed by atoms with Crippen LogP contribution in [-0.4, -0.2) is 37.5 Å². The van der Waals surface area contributed by atoms with Gasteiger partial charge in [-0.2, -0.15) is 0 Å². The second-order valence-electron chi connectivity index (χ2n) is 4.46. The number of methoxy groups -OCH3 is 1. The van der Waals surface area contributed by atoms with E-state index in [2.05, 4.69) is 5.32 Å². The molecule has 1 aliphatic heterocycles. The molecule has 2 heterocycles. The van der Waals surface area contributed by atoms with E-state index in [-0.39, 0.29) is 5.56 Å². The van der Waals surface area contributed by atoms with Gasteiger partial charge in [0.05, 0.1) is 18.4 Å². The predicted octanol–water partition coefficient (Wildman–Crippen LogP) is 1.09. The highest BCUT2D eigenvalue weighted by atomic mass is 16.5.